The smallest absolute Gasteiger partial charge is 0.115 e. The molecular formula is C10H7BrClIO. The molecule has 1 heterocycles. The van der Waals surface area contributed by atoms with Gasteiger partial charge < -0.3 is 4.74 Å². The van der Waals surface area contributed by atoms with Crippen LogP contribution in [0.4, 0.5) is 0 Å². The number of hydrogen-bond donors (Lipinski definition) is 0. The van der Waals surface area contributed by atoms with Crippen molar-refractivity contribution in [1.82, 2.24) is 0 Å². The second kappa shape index (κ2) is 4.51. The zero-order chi connectivity index (χ0) is 10.1. The van der Waals surface area contributed by atoms with E-state index in [4.69, 9.17) is 16.3 Å². The number of benzene rings is 1. The minimum Gasteiger partial charge on any atom is -0.363 e. The zero-order valence-electron chi connectivity index (χ0n) is 7.14. The quantitative estimate of drug-likeness (QED) is 0.649. The van der Waals surface area contributed by atoms with Gasteiger partial charge in [-0.05, 0) is 40.3 Å². The van der Waals surface area contributed by atoms with Crippen molar-refractivity contribution >= 4 is 50.1 Å². The van der Waals surface area contributed by atoms with Crippen LogP contribution in [0.2, 0.25) is 5.02 Å². The molecule has 2 rings (SSSR count). The molecule has 4 heteroatoms. The molecule has 74 valence electrons. The van der Waals surface area contributed by atoms with Crippen molar-refractivity contribution in [2.75, 3.05) is 6.61 Å². The van der Waals surface area contributed by atoms with Crippen LogP contribution >= 0.6 is 50.1 Å². The maximum atomic E-state index is 5.92. The third kappa shape index (κ3) is 2.15. The first kappa shape index (κ1) is 10.9. The van der Waals surface area contributed by atoms with Gasteiger partial charge in [0.1, 0.15) is 6.10 Å². The summed E-state index contributed by atoms with van der Waals surface area (Å²) in [6.07, 6.45) is 0.0144. The predicted octanol–water partition coefficient (Wildman–Crippen LogP) is 4.45. The van der Waals surface area contributed by atoms with Crippen molar-refractivity contribution in [3.8, 4) is 0 Å². The highest BCUT2D eigenvalue weighted by molar-refractivity contribution is 14.1. The van der Waals surface area contributed by atoms with Gasteiger partial charge in [-0.2, -0.15) is 0 Å². The molecule has 0 bridgehead atoms. The summed E-state index contributed by atoms with van der Waals surface area (Å²) in [6, 6.07) is 7.75. The average molecular weight is 385 g/mol. The van der Waals surface area contributed by atoms with Crippen LogP contribution in [0.15, 0.2) is 32.3 Å². The van der Waals surface area contributed by atoms with E-state index in [0.29, 0.717) is 6.61 Å². The Labute approximate surface area is 110 Å². The Bertz CT molecular complexity index is 391. The van der Waals surface area contributed by atoms with Gasteiger partial charge >= 0.3 is 0 Å². The van der Waals surface area contributed by atoms with Crippen LogP contribution in [-0.4, -0.2) is 6.61 Å². The molecule has 1 atom stereocenters. The molecule has 0 spiro atoms. The van der Waals surface area contributed by atoms with E-state index in [-0.39, 0.29) is 6.10 Å². The normalized spacial score (nSPS) is 21.8. The fraction of sp³-hybridized carbons (Fsp3) is 0.200. The summed E-state index contributed by atoms with van der Waals surface area (Å²) in [6.45, 7) is 0.679. The lowest BCUT2D eigenvalue weighted by Crippen LogP contribution is -1.97. The highest BCUT2D eigenvalue weighted by atomic mass is 127. The minimum atomic E-state index is 0.0144. The molecule has 0 N–H and O–H groups in total. The number of halogens is 3. The standard InChI is InChI=1S/C10H7BrClIO/c11-9-8(13)5-14-10(9)6-2-1-3-7(12)4-6/h1-4,10H,5H2. The topological polar surface area (TPSA) is 9.23 Å². The van der Waals surface area contributed by atoms with Crippen molar-refractivity contribution in [2.45, 2.75) is 6.10 Å². The Kier molecular flexibility index (Phi) is 3.52. The molecule has 1 aromatic carbocycles. The van der Waals surface area contributed by atoms with Crippen molar-refractivity contribution in [1.29, 1.82) is 0 Å². The molecule has 14 heavy (non-hydrogen) atoms. The first-order valence-corrected chi connectivity index (χ1v) is 6.34. The van der Waals surface area contributed by atoms with E-state index in [2.05, 4.69) is 38.5 Å². The van der Waals surface area contributed by atoms with Crippen LogP contribution in [0.1, 0.15) is 11.7 Å². The van der Waals surface area contributed by atoms with Crippen LogP contribution in [0.3, 0.4) is 0 Å². The van der Waals surface area contributed by atoms with Gasteiger partial charge in [-0.15, -0.1) is 0 Å². The molecule has 1 nitrogen and oxygen atoms in total. The number of rotatable bonds is 1. The lowest BCUT2D eigenvalue weighted by molar-refractivity contribution is 0.127. The first-order valence-electron chi connectivity index (χ1n) is 4.09. The molecule has 0 radical (unpaired) electrons. The van der Waals surface area contributed by atoms with E-state index in [1.165, 1.54) is 3.58 Å². The summed E-state index contributed by atoms with van der Waals surface area (Å²) in [5.41, 5.74) is 1.09. The molecule has 0 fully saturated rings. The minimum absolute atomic E-state index is 0.0144. The highest BCUT2D eigenvalue weighted by Gasteiger charge is 2.24. The van der Waals surface area contributed by atoms with Gasteiger partial charge in [0.15, 0.2) is 0 Å². The Morgan fingerprint density at radius 3 is 2.86 bits per heavy atom. The predicted molar refractivity (Wildman–Crippen MR) is 70.1 cm³/mol. The van der Waals surface area contributed by atoms with Gasteiger partial charge in [-0.1, -0.05) is 39.7 Å². The zero-order valence-corrected chi connectivity index (χ0v) is 11.6. The summed E-state index contributed by atoms with van der Waals surface area (Å²) in [5, 5.41) is 0.744. The van der Waals surface area contributed by atoms with E-state index in [1.54, 1.807) is 0 Å². The Hall–Kier alpha value is 0.420. The van der Waals surface area contributed by atoms with Crippen LogP contribution in [0, 0.1) is 0 Å². The van der Waals surface area contributed by atoms with Crippen molar-refractivity contribution in [3.05, 3.63) is 42.9 Å². The van der Waals surface area contributed by atoms with E-state index in [9.17, 15) is 0 Å². The molecule has 0 saturated heterocycles. The number of ether oxygens (including phenoxy) is 1. The van der Waals surface area contributed by atoms with E-state index in [1.807, 2.05) is 24.3 Å². The summed E-state index contributed by atoms with van der Waals surface area (Å²) in [7, 11) is 0. The second-order valence-electron chi connectivity index (χ2n) is 3.00. The average Bonchev–Trinajstić information content (AvgIpc) is 2.48. The fourth-order valence-electron chi connectivity index (χ4n) is 1.35. The maximum Gasteiger partial charge on any atom is 0.115 e. The molecule has 0 amide bonds. The van der Waals surface area contributed by atoms with Gasteiger partial charge in [0.05, 0.1) is 6.61 Å². The van der Waals surface area contributed by atoms with E-state index in [0.717, 1.165) is 15.1 Å². The van der Waals surface area contributed by atoms with Crippen LogP contribution in [-0.2, 0) is 4.74 Å². The van der Waals surface area contributed by atoms with Gasteiger partial charge in [0.25, 0.3) is 0 Å². The van der Waals surface area contributed by atoms with Gasteiger partial charge in [-0.25, -0.2) is 0 Å². The molecule has 1 aliphatic heterocycles. The molecule has 1 aliphatic rings. The fourth-order valence-corrected chi connectivity index (χ4v) is 2.53. The van der Waals surface area contributed by atoms with Gasteiger partial charge in [0.2, 0.25) is 0 Å². The Balaban J connectivity index is 2.33. The van der Waals surface area contributed by atoms with Gasteiger partial charge in [0, 0.05) is 13.1 Å². The lowest BCUT2D eigenvalue weighted by Gasteiger charge is -2.10. The third-order valence-corrected chi connectivity index (χ3v) is 4.78. The molecule has 0 saturated carbocycles. The maximum absolute atomic E-state index is 5.92. The summed E-state index contributed by atoms with van der Waals surface area (Å²) in [4.78, 5) is 0. The van der Waals surface area contributed by atoms with Crippen molar-refractivity contribution < 1.29 is 4.74 Å². The SMILES string of the molecule is Clc1cccc(C2OCC(I)=C2Br)c1. The van der Waals surface area contributed by atoms with Crippen molar-refractivity contribution in [2.24, 2.45) is 0 Å². The van der Waals surface area contributed by atoms with Crippen LogP contribution < -0.4 is 0 Å². The van der Waals surface area contributed by atoms with Crippen LogP contribution in [0.25, 0.3) is 0 Å². The summed E-state index contributed by atoms with van der Waals surface area (Å²) < 4.78 is 7.96. The van der Waals surface area contributed by atoms with Crippen molar-refractivity contribution in [3.63, 3.8) is 0 Å². The largest absolute Gasteiger partial charge is 0.363 e. The molecular weight excluding hydrogens is 378 g/mol. The Morgan fingerprint density at radius 2 is 2.29 bits per heavy atom. The summed E-state index contributed by atoms with van der Waals surface area (Å²) in [5.74, 6) is 0. The first-order chi connectivity index (χ1) is 6.68. The second-order valence-corrected chi connectivity index (χ2v) is 5.59. The third-order valence-electron chi connectivity index (χ3n) is 2.02. The summed E-state index contributed by atoms with van der Waals surface area (Å²) >= 11 is 11.7. The molecule has 0 aliphatic carbocycles. The number of hydrogen-bond acceptors (Lipinski definition) is 1. The molecule has 0 aromatic heterocycles. The Morgan fingerprint density at radius 1 is 1.50 bits per heavy atom. The molecule has 1 unspecified atom stereocenters. The van der Waals surface area contributed by atoms with Gasteiger partial charge in [-0.3, -0.25) is 0 Å². The van der Waals surface area contributed by atoms with E-state index < -0.39 is 0 Å². The highest BCUT2D eigenvalue weighted by Crippen LogP contribution is 2.40. The van der Waals surface area contributed by atoms with Crippen LogP contribution in [0.5, 0.6) is 0 Å². The molecule has 1 aromatic rings. The van der Waals surface area contributed by atoms with E-state index >= 15 is 0 Å². The monoisotopic (exact) mass is 384 g/mol. The lowest BCUT2D eigenvalue weighted by atomic mass is 10.1.